The standard InChI is InChI=1S/C21H28FNO.C2H6/c1-14-7-6-8-17(20(14)22)11-16-9-10-19(23-12-16)18(13-24)15(2)21(3,4)5;1-2/h6-10,12,15,18,24H,11,13H2,1-5H3;1-2H3. The van der Waals surface area contributed by atoms with Crippen molar-refractivity contribution in [2.45, 2.75) is 60.8 Å². The summed E-state index contributed by atoms with van der Waals surface area (Å²) in [6.45, 7) is 14.5. The average Bonchev–Trinajstić information content (AvgIpc) is 2.62. The van der Waals surface area contributed by atoms with E-state index >= 15 is 0 Å². The van der Waals surface area contributed by atoms with Crippen LogP contribution in [0.5, 0.6) is 0 Å². The molecule has 2 atom stereocenters. The molecule has 2 rings (SSSR count). The van der Waals surface area contributed by atoms with Gasteiger partial charge in [0.25, 0.3) is 0 Å². The topological polar surface area (TPSA) is 33.1 Å². The number of aliphatic hydroxyl groups is 1. The summed E-state index contributed by atoms with van der Waals surface area (Å²) in [5.74, 6) is 0.168. The molecule has 26 heavy (non-hydrogen) atoms. The van der Waals surface area contributed by atoms with Crippen LogP contribution in [0.1, 0.15) is 69.8 Å². The lowest BCUT2D eigenvalue weighted by atomic mass is 9.73. The molecular formula is C23H34FNO. The van der Waals surface area contributed by atoms with E-state index < -0.39 is 0 Å². The Morgan fingerprint density at radius 2 is 1.77 bits per heavy atom. The lowest BCUT2D eigenvalue weighted by molar-refractivity contribution is 0.154. The molecule has 2 unspecified atom stereocenters. The normalized spacial score (nSPS) is 13.6. The largest absolute Gasteiger partial charge is 0.396 e. The molecule has 1 N–H and O–H groups in total. The summed E-state index contributed by atoms with van der Waals surface area (Å²) in [7, 11) is 0. The first-order valence-electron chi connectivity index (χ1n) is 9.53. The van der Waals surface area contributed by atoms with Crippen LogP contribution in [-0.2, 0) is 6.42 Å². The van der Waals surface area contributed by atoms with Crippen LogP contribution in [0, 0.1) is 24.1 Å². The minimum absolute atomic E-state index is 0.00903. The average molecular weight is 360 g/mol. The maximum Gasteiger partial charge on any atom is 0.129 e. The number of nitrogens with zero attached hydrogens (tertiary/aromatic N) is 1. The zero-order valence-corrected chi connectivity index (χ0v) is 17.3. The zero-order chi connectivity index (χ0) is 19.9. The molecule has 144 valence electrons. The highest BCUT2D eigenvalue weighted by atomic mass is 19.1. The molecule has 0 aliphatic rings. The van der Waals surface area contributed by atoms with Crippen LogP contribution in [0.4, 0.5) is 4.39 Å². The van der Waals surface area contributed by atoms with E-state index in [9.17, 15) is 9.50 Å². The first-order chi connectivity index (χ1) is 12.2. The molecule has 0 saturated carbocycles. The second kappa shape index (κ2) is 9.82. The maximum atomic E-state index is 14.1. The Hall–Kier alpha value is -1.74. The van der Waals surface area contributed by atoms with Gasteiger partial charge in [0, 0.05) is 24.2 Å². The van der Waals surface area contributed by atoms with Crippen LogP contribution in [0.15, 0.2) is 36.5 Å². The number of halogens is 1. The summed E-state index contributed by atoms with van der Waals surface area (Å²) in [6, 6.07) is 9.42. The molecule has 0 amide bonds. The van der Waals surface area contributed by atoms with Crippen molar-refractivity contribution in [2.75, 3.05) is 6.61 Å². The second-order valence-corrected chi connectivity index (χ2v) is 7.76. The Bertz CT molecular complexity index is 674. The Balaban J connectivity index is 0.00000163. The van der Waals surface area contributed by atoms with Crippen LogP contribution >= 0.6 is 0 Å². The summed E-state index contributed by atoms with van der Waals surface area (Å²) >= 11 is 0. The van der Waals surface area contributed by atoms with Gasteiger partial charge in [0.2, 0.25) is 0 Å². The fraction of sp³-hybridized carbons (Fsp3) is 0.522. The van der Waals surface area contributed by atoms with Gasteiger partial charge in [0.1, 0.15) is 5.82 Å². The van der Waals surface area contributed by atoms with Gasteiger partial charge in [-0.05, 0) is 41.0 Å². The van der Waals surface area contributed by atoms with Crippen LogP contribution in [0.3, 0.4) is 0 Å². The summed E-state index contributed by atoms with van der Waals surface area (Å²) in [6.07, 6.45) is 2.33. The number of benzene rings is 1. The van der Waals surface area contributed by atoms with Crippen molar-refractivity contribution in [1.82, 2.24) is 4.98 Å². The van der Waals surface area contributed by atoms with Crippen LogP contribution < -0.4 is 0 Å². The predicted octanol–water partition coefficient (Wildman–Crippen LogP) is 5.90. The van der Waals surface area contributed by atoms with Gasteiger partial charge in [-0.1, -0.05) is 65.8 Å². The fourth-order valence-corrected chi connectivity index (χ4v) is 2.94. The van der Waals surface area contributed by atoms with Crippen LogP contribution in [0.25, 0.3) is 0 Å². The molecule has 0 spiro atoms. The van der Waals surface area contributed by atoms with Gasteiger partial charge in [-0.2, -0.15) is 0 Å². The number of aryl methyl sites for hydroxylation is 1. The predicted molar refractivity (Wildman–Crippen MR) is 108 cm³/mol. The minimum atomic E-state index is -0.142. The molecule has 1 aromatic carbocycles. The monoisotopic (exact) mass is 359 g/mol. The summed E-state index contributed by atoms with van der Waals surface area (Å²) in [4.78, 5) is 4.55. The van der Waals surface area contributed by atoms with Crippen molar-refractivity contribution >= 4 is 0 Å². The number of hydrogen-bond acceptors (Lipinski definition) is 2. The number of aromatic nitrogens is 1. The molecule has 0 fully saturated rings. The van der Waals surface area contributed by atoms with Crippen LogP contribution in [-0.4, -0.2) is 16.7 Å². The van der Waals surface area contributed by atoms with Gasteiger partial charge in [0.15, 0.2) is 0 Å². The second-order valence-electron chi connectivity index (χ2n) is 7.76. The molecule has 1 aromatic heterocycles. The molecule has 0 aliphatic carbocycles. The van der Waals surface area contributed by atoms with Gasteiger partial charge in [-0.3, -0.25) is 4.98 Å². The van der Waals surface area contributed by atoms with Crippen molar-refractivity contribution in [1.29, 1.82) is 0 Å². The van der Waals surface area contributed by atoms with Crippen molar-refractivity contribution in [2.24, 2.45) is 11.3 Å². The lowest BCUT2D eigenvalue weighted by Crippen LogP contribution is -2.27. The minimum Gasteiger partial charge on any atom is -0.396 e. The lowest BCUT2D eigenvalue weighted by Gasteiger charge is -2.33. The van der Waals surface area contributed by atoms with Crippen molar-refractivity contribution < 1.29 is 9.50 Å². The van der Waals surface area contributed by atoms with E-state index in [0.29, 0.717) is 23.5 Å². The Morgan fingerprint density at radius 1 is 1.12 bits per heavy atom. The molecule has 3 heteroatoms. The number of pyridine rings is 1. The number of rotatable bonds is 5. The van der Waals surface area contributed by atoms with Gasteiger partial charge in [-0.25, -0.2) is 4.39 Å². The molecule has 0 radical (unpaired) electrons. The first-order valence-corrected chi connectivity index (χ1v) is 9.53. The van der Waals surface area contributed by atoms with Crippen molar-refractivity contribution in [3.05, 3.63) is 64.7 Å². The van der Waals surface area contributed by atoms with E-state index in [1.54, 1.807) is 19.2 Å². The highest BCUT2D eigenvalue weighted by Gasteiger charge is 2.29. The van der Waals surface area contributed by atoms with E-state index in [1.807, 2.05) is 38.1 Å². The van der Waals surface area contributed by atoms with Gasteiger partial charge < -0.3 is 5.11 Å². The zero-order valence-electron chi connectivity index (χ0n) is 17.3. The Morgan fingerprint density at radius 3 is 2.27 bits per heavy atom. The number of aliphatic hydroxyl groups excluding tert-OH is 1. The van der Waals surface area contributed by atoms with E-state index in [1.165, 1.54) is 0 Å². The maximum absolute atomic E-state index is 14.1. The highest BCUT2D eigenvalue weighted by molar-refractivity contribution is 5.30. The van der Waals surface area contributed by atoms with Gasteiger partial charge in [0.05, 0.1) is 6.61 Å². The highest BCUT2D eigenvalue weighted by Crippen LogP contribution is 2.36. The molecule has 2 nitrogen and oxygen atoms in total. The third-order valence-electron chi connectivity index (χ3n) is 5.06. The van der Waals surface area contributed by atoms with E-state index in [0.717, 1.165) is 11.3 Å². The summed E-state index contributed by atoms with van der Waals surface area (Å²) in [5.41, 5.74) is 3.32. The third kappa shape index (κ3) is 5.63. The first kappa shape index (κ1) is 22.3. The fourth-order valence-electron chi connectivity index (χ4n) is 2.94. The molecule has 2 aromatic rings. The van der Waals surface area contributed by atoms with Crippen molar-refractivity contribution in [3.63, 3.8) is 0 Å². The molecule has 1 heterocycles. The van der Waals surface area contributed by atoms with E-state index in [4.69, 9.17) is 0 Å². The molecule has 0 saturated heterocycles. The quantitative estimate of drug-likeness (QED) is 0.720. The SMILES string of the molecule is CC.Cc1cccc(Cc2ccc(C(CO)C(C)C(C)(C)C)nc2)c1F. The smallest absolute Gasteiger partial charge is 0.129 e. The summed E-state index contributed by atoms with van der Waals surface area (Å²) in [5, 5.41) is 9.80. The molecule has 0 aliphatic heterocycles. The molecular weight excluding hydrogens is 325 g/mol. The van der Waals surface area contributed by atoms with E-state index in [-0.39, 0.29) is 23.8 Å². The third-order valence-corrected chi connectivity index (χ3v) is 5.06. The van der Waals surface area contributed by atoms with Crippen molar-refractivity contribution in [3.8, 4) is 0 Å². The van der Waals surface area contributed by atoms with Gasteiger partial charge >= 0.3 is 0 Å². The Labute approximate surface area is 158 Å². The molecule has 0 bridgehead atoms. The summed E-state index contributed by atoms with van der Waals surface area (Å²) < 4.78 is 14.1. The van der Waals surface area contributed by atoms with Crippen LogP contribution in [0.2, 0.25) is 0 Å². The van der Waals surface area contributed by atoms with E-state index in [2.05, 4.69) is 32.7 Å². The number of hydrogen-bond donors (Lipinski definition) is 1. The Kier molecular flexibility index (Phi) is 8.42. The van der Waals surface area contributed by atoms with Gasteiger partial charge in [-0.15, -0.1) is 0 Å².